The monoisotopic (exact) mass is 450 g/mol. The van der Waals surface area contributed by atoms with Gasteiger partial charge in [0, 0.05) is 37.6 Å². The molecule has 2 aromatic carbocycles. The number of hydrogen-bond acceptors (Lipinski definition) is 3. The molecule has 0 amide bonds. The smallest absolute Gasteiger partial charge is 0.123 e. The maximum atomic E-state index is 13.6. The van der Waals surface area contributed by atoms with Crippen LogP contribution in [0.15, 0.2) is 72.9 Å². The normalized spacial score (nSPS) is 15.7. The number of aliphatic hydroxyl groups excluding tert-OH is 1. The van der Waals surface area contributed by atoms with Crippen LogP contribution in [0.5, 0.6) is 0 Å². The maximum absolute atomic E-state index is 13.6. The summed E-state index contributed by atoms with van der Waals surface area (Å²) in [6.45, 7) is 2.83. The molecule has 4 nitrogen and oxygen atoms in total. The van der Waals surface area contributed by atoms with E-state index >= 15 is 0 Å². The lowest BCUT2D eigenvalue weighted by Gasteiger charge is -2.35. The number of nitrogens with zero attached hydrogens (tertiary/aromatic N) is 2. The molecule has 1 aliphatic carbocycles. The van der Waals surface area contributed by atoms with E-state index in [1.54, 1.807) is 12.1 Å². The van der Waals surface area contributed by atoms with E-state index in [1.807, 2.05) is 42.5 Å². The van der Waals surface area contributed by atoms with Gasteiger partial charge in [0.05, 0.1) is 19.3 Å². The minimum absolute atomic E-state index is 0.205. The number of halogens is 1. The first kappa shape index (κ1) is 23.7. The van der Waals surface area contributed by atoms with E-state index in [2.05, 4.69) is 21.7 Å². The average Bonchev–Trinajstić information content (AvgIpc) is 3.26. The molecule has 0 unspecified atom stereocenters. The summed E-state index contributed by atoms with van der Waals surface area (Å²) < 4.78 is 21.6. The van der Waals surface area contributed by atoms with Crippen LogP contribution in [0.25, 0.3) is 0 Å². The largest absolute Gasteiger partial charge is 0.389 e. The third kappa shape index (κ3) is 7.26. The van der Waals surface area contributed by atoms with E-state index in [0.717, 1.165) is 17.7 Å². The summed E-state index contributed by atoms with van der Waals surface area (Å²) in [7, 11) is 0. The van der Waals surface area contributed by atoms with Gasteiger partial charge in [-0.15, -0.1) is 0 Å². The molecule has 1 fully saturated rings. The third-order valence-corrected chi connectivity index (χ3v) is 6.49. The van der Waals surface area contributed by atoms with Crippen LogP contribution in [0, 0.1) is 5.82 Å². The Morgan fingerprint density at radius 2 is 1.76 bits per heavy atom. The molecule has 4 rings (SSSR count). The molecule has 33 heavy (non-hydrogen) atoms. The van der Waals surface area contributed by atoms with Crippen LogP contribution in [-0.4, -0.2) is 39.9 Å². The zero-order valence-corrected chi connectivity index (χ0v) is 19.3. The number of hydrogen-bond donors (Lipinski definition) is 1. The molecule has 1 heterocycles. The van der Waals surface area contributed by atoms with E-state index in [0.29, 0.717) is 32.3 Å². The summed E-state index contributed by atoms with van der Waals surface area (Å²) >= 11 is 0. The minimum Gasteiger partial charge on any atom is -0.389 e. The highest BCUT2D eigenvalue weighted by Crippen LogP contribution is 2.25. The predicted octanol–water partition coefficient (Wildman–Crippen LogP) is 5.39. The SMILES string of the molecule is O[C@H](COCc1ccccc1)CN(Cc1cccn1Cc1cccc(F)c1)C1CCCCC1. The van der Waals surface area contributed by atoms with Crippen molar-refractivity contribution in [2.75, 3.05) is 13.2 Å². The van der Waals surface area contributed by atoms with Gasteiger partial charge in [-0.3, -0.25) is 4.90 Å². The fraction of sp³-hybridized carbons (Fsp3) is 0.429. The van der Waals surface area contributed by atoms with Crippen LogP contribution in [0.3, 0.4) is 0 Å². The standard InChI is InChI=1S/C28H35FN2O2/c29-25-12-7-11-24(17-25)18-30-16-8-15-27(30)19-31(26-13-5-2-6-14-26)20-28(32)22-33-21-23-9-3-1-4-10-23/h1,3-4,7-12,15-17,26,28,32H,2,5-6,13-14,18-22H2/t28-/m0/s1. The van der Waals surface area contributed by atoms with Crippen LogP contribution in [-0.2, 0) is 24.4 Å². The zero-order chi connectivity index (χ0) is 22.9. The first-order valence-electron chi connectivity index (χ1n) is 12.1. The summed E-state index contributed by atoms with van der Waals surface area (Å²) in [5.41, 5.74) is 3.25. The van der Waals surface area contributed by atoms with Gasteiger partial charge < -0.3 is 14.4 Å². The molecule has 0 saturated heterocycles. The van der Waals surface area contributed by atoms with Crippen molar-refractivity contribution in [3.05, 3.63) is 95.6 Å². The summed E-state index contributed by atoms with van der Waals surface area (Å²) in [4.78, 5) is 2.42. The first-order chi connectivity index (χ1) is 16.2. The van der Waals surface area contributed by atoms with E-state index in [-0.39, 0.29) is 5.82 Å². The minimum atomic E-state index is -0.540. The second-order valence-corrected chi connectivity index (χ2v) is 9.13. The van der Waals surface area contributed by atoms with Crippen LogP contribution in [0.2, 0.25) is 0 Å². The highest BCUT2D eigenvalue weighted by molar-refractivity contribution is 5.19. The summed E-state index contributed by atoms with van der Waals surface area (Å²) in [5, 5.41) is 10.8. The van der Waals surface area contributed by atoms with Crippen molar-refractivity contribution in [2.45, 2.75) is 63.9 Å². The molecule has 0 spiro atoms. The Hall–Kier alpha value is -2.47. The van der Waals surface area contributed by atoms with E-state index in [4.69, 9.17) is 4.74 Å². The lowest BCUT2D eigenvalue weighted by Crippen LogP contribution is -2.42. The van der Waals surface area contributed by atoms with Crippen molar-refractivity contribution in [1.82, 2.24) is 9.47 Å². The Bertz CT molecular complexity index is 969. The molecule has 1 atom stereocenters. The molecule has 1 saturated carbocycles. The first-order valence-corrected chi connectivity index (χ1v) is 12.1. The topological polar surface area (TPSA) is 37.6 Å². The Morgan fingerprint density at radius 3 is 2.55 bits per heavy atom. The fourth-order valence-corrected chi connectivity index (χ4v) is 4.79. The number of benzene rings is 2. The summed E-state index contributed by atoms with van der Waals surface area (Å²) in [6.07, 6.45) is 7.63. The van der Waals surface area contributed by atoms with Gasteiger partial charge in [-0.1, -0.05) is 61.7 Å². The molecule has 176 valence electrons. The zero-order valence-electron chi connectivity index (χ0n) is 19.3. The molecule has 1 aromatic heterocycles. The van der Waals surface area contributed by atoms with Gasteiger partial charge >= 0.3 is 0 Å². The molecule has 1 N–H and O–H groups in total. The second-order valence-electron chi connectivity index (χ2n) is 9.13. The Morgan fingerprint density at radius 1 is 0.970 bits per heavy atom. The van der Waals surface area contributed by atoms with Crippen molar-refractivity contribution in [1.29, 1.82) is 0 Å². The Balaban J connectivity index is 1.38. The van der Waals surface area contributed by atoms with Crippen LogP contribution in [0.1, 0.15) is 48.9 Å². The number of rotatable bonds is 11. The van der Waals surface area contributed by atoms with Crippen molar-refractivity contribution in [3.63, 3.8) is 0 Å². The highest BCUT2D eigenvalue weighted by atomic mass is 19.1. The van der Waals surface area contributed by atoms with Crippen molar-refractivity contribution >= 4 is 0 Å². The molecule has 1 aliphatic rings. The van der Waals surface area contributed by atoms with Gasteiger partial charge in [0.25, 0.3) is 0 Å². The van der Waals surface area contributed by atoms with E-state index < -0.39 is 6.10 Å². The third-order valence-electron chi connectivity index (χ3n) is 6.49. The van der Waals surface area contributed by atoms with Crippen molar-refractivity contribution in [2.24, 2.45) is 0 Å². The van der Waals surface area contributed by atoms with Crippen LogP contribution < -0.4 is 0 Å². The fourth-order valence-electron chi connectivity index (χ4n) is 4.79. The van der Waals surface area contributed by atoms with Crippen LogP contribution in [0.4, 0.5) is 4.39 Å². The molecule has 3 aromatic rings. The summed E-state index contributed by atoms with van der Waals surface area (Å²) in [5.74, 6) is -0.205. The van der Waals surface area contributed by atoms with Gasteiger partial charge in [-0.2, -0.15) is 0 Å². The summed E-state index contributed by atoms with van der Waals surface area (Å²) in [6, 6.07) is 21.5. The van der Waals surface area contributed by atoms with Gasteiger partial charge in [0.15, 0.2) is 0 Å². The second kappa shape index (κ2) is 12.1. The molecule has 0 bridgehead atoms. The Kier molecular flexibility index (Phi) is 8.70. The maximum Gasteiger partial charge on any atom is 0.123 e. The number of aliphatic hydroxyl groups is 1. The quantitative estimate of drug-likeness (QED) is 0.426. The highest BCUT2D eigenvalue weighted by Gasteiger charge is 2.24. The van der Waals surface area contributed by atoms with Gasteiger partial charge in [-0.05, 0) is 48.2 Å². The molecular weight excluding hydrogens is 415 g/mol. The van der Waals surface area contributed by atoms with Crippen LogP contribution >= 0.6 is 0 Å². The lowest BCUT2D eigenvalue weighted by atomic mass is 9.94. The van der Waals surface area contributed by atoms with Gasteiger partial charge in [0.1, 0.15) is 5.82 Å². The molecule has 0 aliphatic heterocycles. The molecular formula is C28H35FN2O2. The average molecular weight is 451 g/mol. The Labute approximate surface area is 196 Å². The molecule has 5 heteroatoms. The van der Waals surface area contributed by atoms with Gasteiger partial charge in [0.2, 0.25) is 0 Å². The van der Waals surface area contributed by atoms with Gasteiger partial charge in [-0.25, -0.2) is 4.39 Å². The van der Waals surface area contributed by atoms with E-state index in [9.17, 15) is 9.50 Å². The lowest BCUT2D eigenvalue weighted by molar-refractivity contribution is -0.00384. The number of aromatic nitrogens is 1. The van der Waals surface area contributed by atoms with E-state index in [1.165, 1.54) is 43.9 Å². The van der Waals surface area contributed by atoms with Crippen molar-refractivity contribution < 1.29 is 14.2 Å². The number of ether oxygens (including phenoxy) is 1. The van der Waals surface area contributed by atoms with Crippen molar-refractivity contribution in [3.8, 4) is 0 Å². The molecule has 0 radical (unpaired) electrons. The predicted molar refractivity (Wildman–Crippen MR) is 129 cm³/mol.